The number of thioether (sulfide) groups is 1. The number of rotatable bonds is 7. The summed E-state index contributed by atoms with van der Waals surface area (Å²) in [5.74, 6) is 2.46. The molecule has 3 aromatic carbocycles. The Morgan fingerprint density at radius 1 is 1.03 bits per heavy atom. The molecule has 4 rings (SSSR count). The lowest BCUT2D eigenvalue weighted by Gasteiger charge is -2.06. The van der Waals surface area contributed by atoms with E-state index in [4.69, 9.17) is 22.1 Å². The molecule has 0 spiro atoms. The van der Waals surface area contributed by atoms with Gasteiger partial charge in [0.15, 0.2) is 0 Å². The lowest BCUT2D eigenvalue weighted by atomic mass is 10.3. The van der Waals surface area contributed by atoms with E-state index in [-0.39, 0.29) is 17.5 Å². The summed E-state index contributed by atoms with van der Waals surface area (Å²) in [7, 11) is 0. The fourth-order valence-corrected chi connectivity index (χ4v) is 3.79. The number of ether oxygens (including phenoxy) is 1. The highest BCUT2D eigenvalue weighted by Gasteiger charge is 2.08. The molecule has 1 aromatic heterocycles. The average molecular weight is 479 g/mol. The van der Waals surface area contributed by atoms with Crippen molar-refractivity contribution in [1.29, 1.82) is 0 Å². The molecule has 7 nitrogen and oxygen atoms in total. The van der Waals surface area contributed by atoms with Crippen molar-refractivity contribution >= 4 is 41.0 Å². The number of para-hydroxylation sites is 1. The van der Waals surface area contributed by atoms with E-state index >= 15 is 0 Å². The van der Waals surface area contributed by atoms with Crippen molar-refractivity contribution in [2.24, 2.45) is 5.73 Å². The van der Waals surface area contributed by atoms with Crippen molar-refractivity contribution < 1.29 is 9.73 Å². The molecule has 0 amide bonds. The first-order chi connectivity index (χ1) is 16.0. The highest BCUT2D eigenvalue weighted by molar-refractivity contribution is 7.98. The van der Waals surface area contributed by atoms with Gasteiger partial charge in [0.25, 0.3) is 11.5 Å². The summed E-state index contributed by atoms with van der Waals surface area (Å²) >= 11 is 7.47. The second kappa shape index (κ2) is 10.7. The molecule has 9 heteroatoms. The van der Waals surface area contributed by atoms with E-state index in [1.807, 2.05) is 78.9 Å². The monoisotopic (exact) mass is 478 g/mol. The van der Waals surface area contributed by atoms with Gasteiger partial charge in [-0.2, -0.15) is 0 Å². The smallest absolute Gasteiger partial charge is 0.325 e. The number of nitrogens with one attached hydrogen (secondary N) is 3. The maximum Gasteiger partial charge on any atom is 0.325 e. The molecule has 0 saturated carbocycles. The first kappa shape index (κ1) is 22.4. The summed E-state index contributed by atoms with van der Waals surface area (Å²) < 4.78 is 5.78. The summed E-state index contributed by atoms with van der Waals surface area (Å²) in [5.41, 5.74) is 7.16. The Morgan fingerprint density at radius 3 is 2.45 bits per heavy atom. The van der Waals surface area contributed by atoms with Crippen molar-refractivity contribution in [2.75, 3.05) is 5.32 Å². The van der Waals surface area contributed by atoms with Gasteiger partial charge in [0.05, 0.1) is 11.4 Å². The van der Waals surface area contributed by atoms with E-state index in [1.54, 1.807) is 11.8 Å². The number of H-pyrrole nitrogens is 1. The number of nitrogens with zero attached hydrogens (tertiary/aromatic N) is 1. The van der Waals surface area contributed by atoms with Crippen LogP contribution in [0.15, 0.2) is 94.6 Å². The third kappa shape index (κ3) is 6.86. The van der Waals surface area contributed by atoms with Gasteiger partial charge in [-0.05, 0) is 60.7 Å². The van der Waals surface area contributed by atoms with Gasteiger partial charge >= 0.3 is 5.95 Å². The number of anilines is 1. The third-order valence-corrected chi connectivity index (χ3v) is 5.66. The van der Waals surface area contributed by atoms with Crippen LogP contribution < -0.4 is 26.3 Å². The number of nitrogens with two attached hydrogens (primary N) is 1. The maximum absolute atomic E-state index is 12.0. The maximum atomic E-state index is 12.0. The van der Waals surface area contributed by atoms with Gasteiger partial charge in [0, 0.05) is 16.0 Å². The molecule has 4 aromatic rings. The topological polar surface area (TPSA) is 107 Å². The Morgan fingerprint density at radius 2 is 1.73 bits per heavy atom. The second-order valence-corrected chi connectivity index (χ2v) is 8.42. The van der Waals surface area contributed by atoms with Gasteiger partial charge < -0.3 is 10.5 Å². The zero-order valence-electron chi connectivity index (χ0n) is 17.4. The number of halogens is 1. The molecular formula is C24H21ClN5O2S+. The van der Waals surface area contributed by atoms with Crippen molar-refractivity contribution in [3.63, 3.8) is 0 Å². The number of hydrogen-bond acceptors (Lipinski definition) is 4. The van der Waals surface area contributed by atoms with Crippen LogP contribution in [0, 0.1) is 0 Å². The van der Waals surface area contributed by atoms with E-state index in [0.29, 0.717) is 22.2 Å². The van der Waals surface area contributed by atoms with E-state index < -0.39 is 0 Å². The Hall–Kier alpha value is -3.75. The zero-order valence-corrected chi connectivity index (χ0v) is 19.0. The third-order valence-electron chi connectivity index (χ3n) is 4.36. The molecule has 0 fully saturated rings. The van der Waals surface area contributed by atoms with Crippen LogP contribution in [0.3, 0.4) is 0 Å². The summed E-state index contributed by atoms with van der Waals surface area (Å²) in [6.07, 6.45) is 0. The van der Waals surface area contributed by atoms with Gasteiger partial charge in [0.2, 0.25) is 0 Å². The molecule has 0 aliphatic heterocycles. The van der Waals surface area contributed by atoms with Crippen LogP contribution in [-0.4, -0.2) is 15.9 Å². The molecule has 0 bridgehead atoms. The van der Waals surface area contributed by atoms with Crippen LogP contribution in [0.5, 0.6) is 11.5 Å². The standard InChI is InChI=1S/C24H20ClN5O2S/c25-16-6-12-21(13-7-16)33-15-18-14-22(31)29-24(28-18)30-23(26)27-17-8-10-20(11-9-17)32-19-4-2-1-3-5-19/h1-14H,15H2,(H4,26,27,28,29,30,31)/p+1. The minimum Gasteiger partial charge on any atom is -0.457 e. The van der Waals surface area contributed by atoms with Gasteiger partial charge in [-0.15, -0.1) is 16.7 Å². The van der Waals surface area contributed by atoms with Crippen LogP contribution in [-0.2, 0) is 5.75 Å². The van der Waals surface area contributed by atoms with Crippen LogP contribution in [0.4, 0.5) is 11.6 Å². The molecule has 0 aliphatic carbocycles. The van der Waals surface area contributed by atoms with Crippen LogP contribution >= 0.6 is 23.4 Å². The Labute approximate surface area is 199 Å². The number of benzene rings is 3. The van der Waals surface area contributed by atoms with Gasteiger partial charge in [-0.3, -0.25) is 10.1 Å². The fourth-order valence-electron chi connectivity index (χ4n) is 2.87. The van der Waals surface area contributed by atoms with E-state index in [1.165, 1.54) is 6.07 Å². The van der Waals surface area contributed by atoms with Crippen molar-refractivity contribution in [3.8, 4) is 11.5 Å². The fraction of sp³-hybridized carbons (Fsp3) is 0.0417. The van der Waals surface area contributed by atoms with Gasteiger partial charge in [-0.1, -0.05) is 29.8 Å². The second-order valence-electron chi connectivity index (χ2n) is 6.93. The molecule has 33 heavy (non-hydrogen) atoms. The predicted molar refractivity (Wildman–Crippen MR) is 132 cm³/mol. The quantitative estimate of drug-likeness (QED) is 0.183. The highest BCUT2D eigenvalue weighted by Crippen LogP contribution is 2.24. The van der Waals surface area contributed by atoms with Crippen LogP contribution in [0.25, 0.3) is 0 Å². The molecule has 166 valence electrons. The van der Waals surface area contributed by atoms with Crippen LogP contribution in [0.1, 0.15) is 5.69 Å². The minimum absolute atomic E-state index is 0.220. The Kier molecular flexibility index (Phi) is 7.29. The lowest BCUT2D eigenvalue weighted by Crippen LogP contribution is -2.73. The molecule has 0 radical (unpaired) electrons. The molecule has 0 atom stereocenters. The number of aromatic nitrogens is 2. The number of aromatic amines is 1. The normalized spacial score (nSPS) is 11.2. The van der Waals surface area contributed by atoms with Crippen molar-refractivity contribution in [1.82, 2.24) is 9.97 Å². The van der Waals surface area contributed by atoms with Crippen molar-refractivity contribution in [3.05, 3.63) is 106 Å². The summed E-state index contributed by atoms with van der Waals surface area (Å²) in [5, 5.41) is 3.71. The summed E-state index contributed by atoms with van der Waals surface area (Å²) in [6.45, 7) is 0. The molecule has 5 N–H and O–H groups in total. The highest BCUT2D eigenvalue weighted by atomic mass is 35.5. The van der Waals surface area contributed by atoms with Crippen molar-refractivity contribution in [2.45, 2.75) is 10.6 Å². The van der Waals surface area contributed by atoms with E-state index in [2.05, 4.69) is 20.3 Å². The summed E-state index contributed by atoms with van der Waals surface area (Å²) in [6, 6.07) is 25.8. The van der Waals surface area contributed by atoms with Gasteiger partial charge in [-0.25, -0.2) is 9.98 Å². The SMILES string of the molecule is NC(Nc1ccc(Oc2ccccc2)cc1)=[NH+]c1nc(CSc2ccc(Cl)cc2)cc(=O)[nH]1. The zero-order chi connectivity index (χ0) is 23.0. The number of hydrogen-bond donors (Lipinski definition) is 4. The average Bonchev–Trinajstić information content (AvgIpc) is 2.80. The molecular weight excluding hydrogens is 458 g/mol. The predicted octanol–water partition coefficient (Wildman–Crippen LogP) is 3.65. The van der Waals surface area contributed by atoms with E-state index in [9.17, 15) is 4.79 Å². The van der Waals surface area contributed by atoms with Gasteiger partial charge in [0.1, 0.15) is 17.2 Å². The largest absolute Gasteiger partial charge is 0.457 e. The lowest BCUT2D eigenvalue weighted by molar-refractivity contribution is -0.365. The minimum atomic E-state index is -0.269. The molecule has 1 heterocycles. The molecule has 0 saturated heterocycles. The summed E-state index contributed by atoms with van der Waals surface area (Å²) in [4.78, 5) is 23.0. The first-order valence-corrected chi connectivity index (χ1v) is 11.4. The Balaban J connectivity index is 1.39. The Bertz CT molecular complexity index is 1290. The van der Waals surface area contributed by atoms with Crippen LogP contribution in [0.2, 0.25) is 5.02 Å². The van der Waals surface area contributed by atoms with E-state index in [0.717, 1.165) is 16.3 Å². The molecule has 0 unspecified atom stereocenters. The molecule has 0 aliphatic rings. The number of guanidine groups is 1. The first-order valence-electron chi connectivity index (χ1n) is 10.0.